The van der Waals surface area contributed by atoms with Gasteiger partial charge in [-0.25, -0.2) is 4.98 Å². The molecule has 0 bridgehead atoms. The van der Waals surface area contributed by atoms with E-state index >= 15 is 0 Å². The zero-order valence-corrected chi connectivity index (χ0v) is 12.3. The summed E-state index contributed by atoms with van der Waals surface area (Å²) < 4.78 is 0. The highest BCUT2D eigenvalue weighted by atomic mass is 14.9. The molecule has 0 fully saturated rings. The summed E-state index contributed by atoms with van der Waals surface area (Å²) in [7, 11) is 0. The van der Waals surface area contributed by atoms with Crippen LogP contribution in [0.5, 0.6) is 0 Å². The number of nitrogens with zero attached hydrogens (tertiary/aromatic N) is 1. The molecule has 2 aromatic rings. The SMILES string of the molecule is CC1(N)/C=C\C(c2nc3ccccc3[nH]2)=C/C(C)(N)/C=C\1. The van der Waals surface area contributed by atoms with E-state index in [1.54, 1.807) is 0 Å². The Morgan fingerprint density at radius 3 is 2.48 bits per heavy atom. The predicted octanol–water partition coefficient (Wildman–Crippen LogP) is 2.51. The molecule has 2 unspecified atom stereocenters. The van der Waals surface area contributed by atoms with Gasteiger partial charge in [0.1, 0.15) is 5.82 Å². The van der Waals surface area contributed by atoms with E-state index in [-0.39, 0.29) is 0 Å². The van der Waals surface area contributed by atoms with E-state index in [9.17, 15) is 0 Å². The summed E-state index contributed by atoms with van der Waals surface area (Å²) >= 11 is 0. The van der Waals surface area contributed by atoms with Crippen molar-refractivity contribution in [1.82, 2.24) is 9.97 Å². The van der Waals surface area contributed by atoms with E-state index in [0.717, 1.165) is 22.4 Å². The molecule has 1 aliphatic carbocycles. The molecule has 4 heteroatoms. The molecule has 0 spiro atoms. The van der Waals surface area contributed by atoms with Crippen LogP contribution in [0, 0.1) is 0 Å². The minimum atomic E-state index is -0.570. The first-order valence-electron chi connectivity index (χ1n) is 7.00. The Balaban J connectivity index is 2.12. The largest absolute Gasteiger partial charge is 0.338 e. The first-order chi connectivity index (χ1) is 9.85. The number of hydrogen-bond donors (Lipinski definition) is 3. The standard InChI is InChI=1S/C17H20N4/c1-16(18)8-7-12(11-17(2,19)10-9-16)15-20-13-5-3-4-6-14(13)21-15/h3-11H,18-19H2,1-2H3,(H,20,21)/b8-7-,10-9-,12-11+. The number of allylic oxidation sites excluding steroid dienone is 2. The van der Waals surface area contributed by atoms with Crippen molar-refractivity contribution in [2.24, 2.45) is 11.5 Å². The minimum absolute atomic E-state index is 0.522. The van der Waals surface area contributed by atoms with Crippen LogP contribution in [0.3, 0.4) is 0 Å². The van der Waals surface area contributed by atoms with Crippen LogP contribution in [0.2, 0.25) is 0 Å². The molecule has 108 valence electrons. The molecule has 1 aliphatic rings. The summed E-state index contributed by atoms with van der Waals surface area (Å²) in [5.74, 6) is 0.801. The monoisotopic (exact) mass is 280 g/mol. The number of aromatic amines is 1. The summed E-state index contributed by atoms with van der Waals surface area (Å²) in [6.45, 7) is 3.89. The van der Waals surface area contributed by atoms with Crippen molar-refractivity contribution in [2.75, 3.05) is 0 Å². The lowest BCUT2D eigenvalue weighted by atomic mass is 9.90. The number of benzene rings is 1. The number of H-pyrrole nitrogens is 1. The minimum Gasteiger partial charge on any atom is -0.338 e. The van der Waals surface area contributed by atoms with Crippen LogP contribution in [-0.2, 0) is 0 Å². The quantitative estimate of drug-likeness (QED) is 0.702. The molecule has 4 nitrogen and oxygen atoms in total. The summed E-state index contributed by atoms with van der Waals surface area (Å²) in [4.78, 5) is 7.95. The molecule has 5 N–H and O–H groups in total. The Kier molecular flexibility index (Phi) is 3.08. The number of nitrogens with two attached hydrogens (primary N) is 2. The molecular weight excluding hydrogens is 260 g/mol. The van der Waals surface area contributed by atoms with E-state index in [1.807, 2.05) is 68.5 Å². The maximum absolute atomic E-state index is 6.30. The summed E-state index contributed by atoms with van der Waals surface area (Å²) in [6.07, 6.45) is 9.78. The second kappa shape index (κ2) is 4.69. The molecule has 21 heavy (non-hydrogen) atoms. The number of rotatable bonds is 1. The van der Waals surface area contributed by atoms with Gasteiger partial charge in [0.2, 0.25) is 0 Å². The average Bonchev–Trinajstić information content (AvgIpc) is 2.84. The molecule has 1 aromatic carbocycles. The van der Waals surface area contributed by atoms with Crippen molar-refractivity contribution in [1.29, 1.82) is 0 Å². The Morgan fingerprint density at radius 1 is 1.00 bits per heavy atom. The fourth-order valence-electron chi connectivity index (χ4n) is 2.35. The molecule has 2 atom stereocenters. The highest BCUT2D eigenvalue weighted by Crippen LogP contribution is 2.24. The van der Waals surface area contributed by atoms with E-state index < -0.39 is 11.1 Å². The third kappa shape index (κ3) is 2.96. The van der Waals surface area contributed by atoms with Crippen LogP contribution >= 0.6 is 0 Å². The molecule has 0 radical (unpaired) electrons. The molecular formula is C17H20N4. The summed E-state index contributed by atoms with van der Waals surface area (Å²) in [5, 5.41) is 0. The van der Waals surface area contributed by atoms with Gasteiger partial charge in [-0.15, -0.1) is 0 Å². The van der Waals surface area contributed by atoms with Gasteiger partial charge in [-0.2, -0.15) is 0 Å². The smallest absolute Gasteiger partial charge is 0.138 e. The van der Waals surface area contributed by atoms with Gasteiger partial charge >= 0.3 is 0 Å². The molecule has 1 heterocycles. The van der Waals surface area contributed by atoms with Crippen molar-refractivity contribution < 1.29 is 0 Å². The Morgan fingerprint density at radius 2 is 1.71 bits per heavy atom. The van der Waals surface area contributed by atoms with Gasteiger partial charge in [-0.3, -0.25) is 0 Å². The number of nitrogens with one attached hydrogen (secondary N) is 1. The maximum atomic E-state index is 6.30. The third-order valence-corrected chi connectivity index (χ3v) is 3.55. The first kappa shape index (κ1) is 13.8. The van der Waals surface area contributed by atoms with E-state index in [0.29, 0.717) is 0 Å². The molecule has 0 saturated heterocycles. The van der Waals surface area contributed by atoms with Gasteiger partial charge in [0, 0.05) is 11.1 Å². The van der Waals surface area contributed by atoms with Crippen LogP contribution in [0.1, 0.15) is 19.7 Å². The molecule has 1 aromatic heterocycles. The number of fused-ring (bicyclic) bond motifs is 1. The number of aromatic nitrogens is 2. The van der Waals surface area contributed by atoms with Gasteiger partial charge < -0.3 is 16.5 Å². The fraction of sp³-hybridized carbons (Fsp3) is 0.235. The molecule has 0 saturated carbocycles. The summed E-state index contributed by atoms with van der Waals surface area (Å²) in [6, 6.07) is 7.95. The fourth-order valence-corrected chi connectivity index (χ4v) is 2.35. The van der Waals surface area contributed by atoms with Gasteiger partial charge in [-0.1, -0.05) is 42.5 Å². The lowest BCUT2D eigenvalue weighted by Gasteiger charge is -2.23. The molecule has 0 aliphatic heterocycles. The third-order valence-electron chi connectivity index (χ3n) is 3.55. The van der Waals surface area contributed by atoms with Crippen molar-refractivity contribution in [3.05, 3.63) is 60.5 Å². The van der Waals surface area contributed by atoms with Gasteiger partial charge in [-0.05, 0) is 26.0 Å². The zero-order chi connectivity index (χ0) is 15.1. The van der Waals surface area contributed by atoms with Gasteiger partial charge in [0.15, 0.2) is 0 Å². The molecule has 0 amide bonds. The number of hydrogen-bond acceptors (Lipinski definition) is 3. The average molecular weight is 280 g/mol. The van der Waals surface area contributed by atoms with Crippen LogP contribution in [-0.4, -0.2) is 21.0 Å². The summed E-state index contributed by atoms with van der Waals surface area (Å²) in [5.41, 5.74) is 14.3. The Hall–Kier alpha value is -2.17. The highest BCUT2D eigenvalue weighted by Gasteiger charge is 2.20. The predicted molar refractivity (Wildman–Crippen MR) is 87.5 cm³/mol. The van der Waals surface area contributed by atoms with Crippen LogP contribution in [0.25, 0.3) is 16.6 Å². The van der Waals surface area contributed by atoms with Crippen molar-refractivity contribution >= 4 is 16.6 Å². The van der Waals surface area contributed by atoms with Gasteiger partial charge in [0.05, 0.1) is 16.6 Å². The molecule has 3 rings (SSSR count). The number of imidazole rings is 1. The van der Waals surface area contributed by atoms with Gasteiger partial charge in [0.25, 0.3) is 0 Å². The Labute approximate surface area is 124 Å². The van der Waals surface area contributed by atoms with Crippen molar-refractivity contribution in [3.63, 3.8) is 0 Å². The Bertz CT molecular complexity index is 727. The maximum Gasteiger partial charge on any atom is 0.138 e. The lowest BCUT2D eigenvalue weighted by Crippen LogP contribution is -2.37. The number of para-hydroxylation sites is 2. The first-order valence-corrected chi connectivity index (χ1v) is 7.00. The van der Waals surface area contributed by atoms with E-state index in [1.165, 1.54) is 0 Å². The van der Waals surface area contributed by atoms with E-state index in [4.69, 9.17) is 11.5 Å². The van der Waals surface area contributed by atoms with Crippen LogP contribution in [0.15, 0.2) is 54.6 Å². The van der Waals surface area contributed by atoms with Crippen LogP contribution < -0.4 is 11.5 Å². The second-order valence-electron chi connectivity index (χ2n) is 6.10. The zero-order valence-electron chi connectivity index (χ0n) is 12.3. The highest BCUT2D eigenvalue weighted by molar-refractivity contribution is 5.81. The van der Waals surface area contributed by atoms with Crippen LogP contribution in [0.4, 0.5) is 0 Å². The van der Waals surface area contributed by atoms with E-state index in [2.05, 4.69) is 9.97 Å². The van der Waals surface area contributed by atoms with Crippen molar-refractivity contribution in [3.8, 4) is 0 Å². The normalized spacial score (nSPS) is 34.8. The van der Waals surface area contributed by atoms with Crippen molar-refractivity contribution in [2.45, 2.75) is 24.9 Å². The second-order valence-corrected chi connectivity index (χ2v) is 6.10. The lowest BCUT2D eigenvalue weighted by molar-refractivity contribution is 0.687. The topological polar surface area (TPSA) is 80.7 Å².